The minimum Gasteiger partial charge on any atom is -0.395 e. The summed E-state index contributed by atoms with van der Waals surface area (Å²) in [6, 6.07) is 4.48. The number of hydrogen-bond donors (Lipinski definition) is 3. The molecule has 0 aliphatic carbocycles. The van der Waals surface area contributed by atoms with Gasteiger partial charge in [0.1, 0.15) is 0 Å². The Balaban J connectivity index is 2.06. The van der Waals surface area contributed by atoms with Gasteiger partial charge in [-0.1, -0.05) is 6.07 Å². The van der Waals surface area contributed by atoms with Crippen LogP contribution >= 0.6 is 11.3 Å². The van der Waals surface area contributed by atoms with Gasteiger partial charge in [-0.2, -0.15) is 0 Å². The molecule has 1 aromatic rings. The fourth-order valence-corrected chi connectivity index (χ4v) is 3.54. The Morgan fingerprint density at radius 2 is 1.95 bits per heavy atom. The number of rotatable bonds is 8. The molecule has 1 aliphatic rings. The van der Waals surface area contributed by atoms with Gasteiger partial charge < -0.3 is 15.5 Å². The summed E-state index contributed by atoms with van der Waals surface area (Å²) in [5.74, 6) is 0. The molecular formula is C14H25N3O2S. The van der Waals surface area contributed by atoms with Crippen LogP contribution in [0.3, 0.4) is 0 Å². The van der Waals surface area contributed by atoms with E-state index in [2.05, 4.69) is 32.6 Å². The normalized spacial score (nSPS) is 18.6. The van der Waals surface area contributed by atoms with Gasteiger partial charge in [0.2, 0.25) is 0 Å². The van der Waals surface area contributed by atoms with E-state index in [0.717, 1.165) is 32.7 Å². The van der Waals surface area contributed by atoms with Crippen molar-refractivity contribution in [3.8, 4) is 0 Å². The monoisotopic (exact) mass is 299 g/mol. The van der Waals surface area contributed by atoms with Gasteiger partial charge in [0.15, 0.2) is 0 Å². The first-order valence-corrected chi connectivity index (χ1v) is 8.15. The van der Waals surface area contributed by atoms with Crippen LogP contribution in [0, 0.1) is 0 Å². The Morgan fingerprint density at radius 3 is 2.50 bits per heavy atom. The van der Waals surface area contributed by atoms with Gasteiger partial charge in [0.05, 0.1) is 19.3 Å². The first-order valence-electron chi connectivity index (χ1n) is 7.27. The number of hydrogen-bond acceptors (Lipinski definition) is 6. The van der Waals surface area contributed by atoms with E-state index in [0.29, 0.717) is 13.1 Å². The minimum atomic E-state index is 0.128. The molecule has 0 spiro atoms. The lowest BCUT2D eigenvalue weighted by molar-refractivity contribution is 0.0919. The van der Waals surface area contributed by atoms with Crippen LogP contribution in [0.1, 0.15) is 10.9 Å². The Morgan fingerprint density at radius 1 is 1.25 bits per heavy atom. The molecule has 0 radical (unpaired) electrons. The van der Waals surface area contributed by atoms with Crippen molar-refractivity contribution in [3.05, 3.63) is 22.4 Å². The van der Waals surface area contributed by atoms with E-state index in [9.17, 15) is 10.2 Å². The largest absolute Gasteiger partial charge is 0.395 e. The SMILES string of the molecule is OCCN(CCO)C(CN1CCNCC1)c1cccs1. The summed E-state index contributed by atoms with van der Waals surface area (Å²) in [5, 5.41) is 24.0. The lowest BCUT2D eigenvalue weighted by atomic mass is 10.1. The Hall–Kier alpha value is -0.500. The summed E-state index contributed by atoms with van der Waals surface area (Å²) in [6.07, 6.45) is 0. The maximum absolute atomic E-state index is 9.27. The first-order chi connectivity index (χ1) is 9.85. The fourth-order valence-electron chi connectivity index (χ4n) is 2.68. The number of nitrogens with one attached hydrogen (secondary N) is 1. The van der Waals surface area contributed by atoms with Gasteiger partial charge in [-0.05, 0) is 11.4 Å². The average molecular weight is 299 g/mol. The van der Waals surface area contributed by atoms with E-state index in [1.165, 1.54) is 4.88 Å². The zero-order chi connectivity index (χ0) is 14.2. The van der Waals surface area contributed by atoms with Crippen molar-refractivity contribution in [3.63, 3.8) is 0 Å². The molecule has 2 rings (SSSR count). The van der Waals surface area contributed by atoms with E-state index in [-0.39, 0.29) is 19.3 Å². The number of aliphatic hydroxyl groups excluding tert-OH is 2. The minimum absolute atomic E-state index is 0.128. The highest BCUT2D eigenvalue weighted by Gasteiger charge is 2.24. The second-order valence-electron chi connectivity index (χ2n) is 5.07. The van der Waals surface area contributed by atoms with Crippen LogP contribution in [0.5, 0.6) is 0 Å². The van der Waals surface area contributed by atoms with Crippen molar-refractivity contribution >= 4 is 11.3 Å². The summed E-state index contributed by atoms with van der Waals surface area (Å²) in [4.78, 5) is 5.96. The number of aliphatic hydroxyl groups is 2. The molecular weight excluding hydrogens is 274 g/mol. The molecule has 1 atom stereocenters. The highest BCUT2D eigenvalue weighted by Crippen LogP contribution is 2.26. The molecule has 0 bridgehead atoms. The molecule has 3 N–H and O–H groups in total. The van der Waals surface area contributed by atoms with E-state index < -0.39 is 0 Å². The van der Waals surface area contributed by atoms with Crippen LogP contribution in [0.15, 0.2) is 17.5 Å². The summed E-state index contributed by atoms with van der Waals surface area (Å²) in [7, 11) is 0. The maximum Gasteiger partial charge on any atom is 0.0570 e. The lowest BCUT2D eigenvalue weighted by Gasteiger charge is -2.36. The molecule has 1 fully saturated rings. The zero-order valence-electron chi connectivity index (χ0n) is 11.9. The third-order valence-corrected chi connectivity index (χ3v) is 4.70. The fraction of sp³-hybridized carbons (Fsp3) is 0.714. The van der Waals surface area contributed by atoms with Crippen molar-refractivity contribution in [1.29, 1.82) is 0 Å². The summed E-state index contributed by atoms with van der Waals surface area (Å²) in [6.45, 7) is 6.63. The highest BCUT2D eigenvalue weighted by molar-refractivity contribution is 7.10. The second-order valence-corrected chi connectivity index (χ2v) is 6.04. The van der Waals surface area contributed by atoms with Crippen molar-refractivity contribution in [2.24, 2.45) is 0 Å². The second kappa shape index (κ2) is 8.71. The van der Waals surface area contributed by atoms with Crippen LogP contribution in [-0.4, -0.2) is 79.0 Å². The van der Waals surface area contributed by atoms with Crippen LogP contribution in [0.4, 0.5) is 0 Å². The number of thiophene rings is 1. The number of piperazine rings is 1. The van der Waals surface area contributed by atoms with Gasteiger partial charge in [-0.3, -0.25) is 9.80 Å². The Bertz CT molecular complexity index is 349. The van der Waals surface area contributed by atoms with Crippen molar-refractivity contribution in [1.82, 2.24) is 15.1 Å². The molecule has 2 heterocycles. The Labute approximate surface area is 124 Å². The van der Waals surface area contributed by atoms with E-state index in [1.54, 1.807) is 11.3 Å². The molecule has 114 valence electrons. The average Bonchev–Trinajstić information content (AvgIpc) is 3.00. The predicted octanol–water partition coefficient (Wildman–Crippen LogP) is -0.0190. The van der Waals surface area contributed by atoms with E-state index in [1.807, 2.05) is 0 Å². The standard InChI is InChI=1S/C14H25N3O2S/c18-9-7-17(8-10-19)13(14-2-1-11-20-14)12-16-5-3-15-4-6-16/h1-2,11,13,15,18-19H,3-10,12H2. The quantitative estimate of drug-likeness (QED) is 0.630. The Kier molecular flexibility index (Phi) is 6.92. The van der Waals surface area contributed by atoms with Crippen LogP contribution < -0.4 is 5.32 Å². The molecule has 5 nitrogen and oxygen atoms in total. The topological polar surface area (TPSA) is 59.0 Å². The van der Waals surface area contributed by atoms with Crippen molar-refractivity contribution in [2.75, 3.05) is 59.0 Å². The smallest absolute Gasteiger partial charge is 0.0570 e. The van der Waals surface area contributed by atoms with Crippen molar-refractivity contribution < 1.29 is 10.2 Å². The predicted molar refractivity (Wildman–Crippen MR) is 82.1 cm³/mol. The molecule has 0 aromatic carbocycles. The third kappa shape index (κ3) is 4.51. The van der Waals surface area contributed by atoms with Crippen LogP contribution in [-0.2, 0) is 0 Å². The molecule has 1 aliphatic heterocycles. The van der Waals surface area contributed by atoms with Gasteiger partial charge in [0.25, 0.3) is 0 Å². The first kappa shape index (κ1) is 15.9. The maximum atomic E-state index is 9.27. The van der Waals surface area contributed by atoms with Gasteiger partial charge >= 0.3 is 0 Å². The summed E-state index contributed by atoms with van der Waals surface area (Å²) < 4.78 is 0. The third-order valence-electron chi connectivity index (χ3n) is 3.73. The summed E-state index contributed by atoms with van der Waals surface area (Å²) in [5.41, 5.74) is 0. The number of nitrogens with zero attached hydrogens (tertiary/aromatic N) is 2. The molecule has 1 unspecified atom stereocenters. The molecule has 0 saturated carbocycles. The van der Waals surface area contributed by atoms with Gasteiger partial charge in [-0.15, -0.1) is 11.3 Å². The highest BCUT2D eigenvalue weighted by atomic mass is 32.1. The lowest BCUT2D eigenvalue weighted by Crippen LogP contribution is -2.48. The van der Waals surface area contributed by atoms with Gasteiger partial charge in [0, 0.05) is 50.7 Å². The van der Waals surface area contributed by atoms with Gasteiger partial charge in [-0.25, -0.2) is 0 Å². The van der Waals surface area contributed by atoms with Crippen LogP contribution in [0.25, 0.3) is 0 Å². The molecule has 1 aromatic heterocycles. The molecule has 1 saturated heterocycles. The molecule has 20 heavy (non-hydrogen) atoms. The van der Waals surface area contributed by atoms with E-state index >= 15 is 0 Å². The zero-order valence-corrected chi connectivity index (χ0v) is 12.7. The van der Waals surface area contributed by atoms with E-state index in [4.69, 9.17) is 0 Å². The van der Waals surface area contributed by atoms with Crippen molar-refractivity contribution in [2.45, 2.75) is 6.04 Å². The van der Waals surface area contributed by atoms with Crippen LogP contribution in [0.2, 0.25) is 0 Å². The molecule has 6 heteroatoms. The molecule has 0 amide bonds. The summed E-state index contributed by atoms with van der Waals surface area (Å²) >= 11 is 1.75.